The van der Waals surface area contributed by atoms with Crippen LogP contribution >= 0.6 is 0 Å². The first-order valence-electron chi connectivity index (χ1n) is 9.19. The first-order valence-corrected chi connectivity index (χ1v) is 9.19. The van der Waals surface area contributed by atoms with Gasteiger partial charge in [0.1, 0.15) is 11.6 Å². The summed E-state index contributed by atoms with van der Waals surface area (Å²) in [5.74, 6) is -1.51. The molecule has 0 saturated carbocycles. The van der Waals surface area contributed by atoms with Crippen LogP contribution in [-0.4, -0.2) is 5.91 Å². The molecule has 24 heavy (non-hydrogen) atoms. The van der Waals surface area contributed by atoms with Crippen molar-refractivity contribution < 1.29 is 13.6 Å². The van der Waals surface area contributed by atoms with E-state index in [0.29, 0.717) is 5.56 Å². The van der Waals surface area contributed by atoms with Crippen LogP contribution in [0, 0.1) is 11.6 Å². The van der Waals surface area contributed by atoms with Gasteiger partial charge in [0.2, 0.25) is 5.91 Å². The van der Waals surface area contributed by atoms with Gasteiger partial charge in [0.25, 0.3) is 0 Å². The molecule has 1 aromatic carbocycles. The first kappa shape index (κ1) is 22.6. The zero-order valence-corrected chi connectivity index (χ0v) is 15.5. The van der Waals surface area contributed by atoms with Gasteiger partial charge in [-0.05, 0) is 17.7 Å². The van der Waals surface area contributed by atoms with Crippen molar-refractivity contribution in [2.45, 2.75) is 85.1 Å². The summed E-state index contributed by atoms with van der Waals surface area (Å²) in [6.45, 7) is 6.04. The molecule has 1 N–H and O–H groups in total. The minimum atomic E-state index is -0.639. The van der Waals surface area contributed by atoms with Crippen LogP contribution in [0.1, 0.15) is 84.1 Å². The summed E-state index contributed by atoms with van der Waals surface area (Å²) >= 11 is 0. The van der Waals surface area contributed by atoms with E-state index in [0.717, 1.165) is 6.07 Å². The average molecular weight is 341 g/mol. The molecule has 138 valence electrons. The average Bonchev–Trinajstić information content (AvgIpc) is 2.52. The lowest BCUT2D eigenvalue weighted by atomic mass is 10.1. The van der Waals surface area contributed by atoms with E-state index in [1.54, 1.807) is 0 Å². The first-order chi connectivity index (χ1) is 11.5. The summed E-state index contributed by atoms with van der Waals surface area (Å²) in [6.07, 6.45) is 13.0. The van der Waals surface area contributed by atoms with Crippen LogP contribution in [0.25, 0.3) is 0 Å². The van der Waals surface area contributed by atoms with Crippen LogP contribution in [0.15, 0.2) is 18.2 Å². The summed E-state index contributed by atoms with van der Waals surface area (Å²) in [5.41, 5.74) is 0.410. The SMILES string of the molecule is CC(=O)NCc1cc(F)cc(F)c1.CCCCCCCCCCC. The second kappa shape index (κ2) is 15.1. The largest absolute Gasteiger partial charge is 0.352 e. The molecule has 0 fully saturated rings. The topological polar surface area (TPSA) is 29.1 Å². The molecule has 0 aliphatic carbocycles. The van der Waals surface area contributed by atoms with Crippen molar-refractivity contribution >= 4 is 5.91 Å². The van der Waals surface area contributed by atoms with E-state index in [9.17, 15) is 13.6 Å². The third-order valence-corrected chi connectivity index (χ3v) is 3.67. The van der Waals surface area contributed by atoms with Gasteiger partial charge in [0.05, 0.1) is 0 Å². The quantitative estimate of drug-likeness (QED) is 0.509. The Labute approximate surface area is 146 Å². The van der Waals surface area contributed by atoms with Crippen LogP contribution in [-0.2, 0) is 11.3 Å². The number of hydrogen-bond acceptors (Lipinski definition) is 1. The molecule has 1 rings (SSSR count). The predicted octanol–water partition coefficient (Wildman–Crippen LogP) is 6.14. The number of halogens is 2. The van der Waals surface area contributed by atoms with Crippen LogP contribution in [0.4, 0.5) is 8.78 Å². The lowest BCUT2D eigenvalue weighted by Crippen LogP contribution is -2.19. The summed E-state index contributed by atoms with van der Waals surface area (Å²) in [7, 11) is 0. The summed E-state index contributed by atoms with van der Waals surface area (Å²) in [5, 5.41) is 2.44. The number of hydrogen-bond donors (Lipinski definition) is 1. The number of carbonyl (C=O) groups is 1. The standard InChI is InChI=1S/C11H24.C9H9F2NO/c1-3-5-7-9-11-10-8-6-4-2;1-6(13)12-5-7-2-8(10)4-9(11)3-7/h3-11H2,1-2H3;2-4H,5H2,1H3,(H,12,13). The van der Waals surface area contributed by atoms with Gasteiger partial charge in [-0.2, -0.15) is 0 Å². The normalized spacial score (nSPS) is 10.0. The number of carbonyl (C=O) groups excluding carboxylic acids is 1. The van der Waals surface area contributed by atoms with Crippen molar-refractivity contribution in [1.29, 1.82) is 0 Å². The van der Waals surface area contributed by atoms with Crippen molar-refractivity contribution in [3.63, 3.8) is 0 Å². The molecular weight excluding hydrogens is 308 g/mol. The fourth-order valence-electron chi connectivity index (χ4n) is 2.32. The van der Waals surface area contributed by atoms with E-state index in [1.165, 1.54) is 76.8 Å². The van der Waals surface area contributed by atoms with Crippen molar-refractivity contribution in [3.8, 4) is 0 Å². The van der Waals surface area contributed by atoms with Crippen LogP contribution in [0.2, 0.25) is 0 Å². The third-order valence-electron chi connectivity index (χ3n) is 3.67. The highest BCUT2D eigenvalue weighted by Crippen LogP contribution is 2.09. The van der Waals surface area contributed by atoms with Crippen molar-refractivity contribution in [3.05, 3.63) is 35.4 Å². The number of rotatable bonds is 10. The maximum atomic E-state index is 12.6. The number of nitrogens with one attached hydrogen (secondary N) is 1. The van der Waals surface area contributed by atoms with Gasteiger partial charge in [0.15, 0.2) is 0 Å². The van der Waals surface area contributed by atoms with E-state index in [4.69, 9.17) is 0 Å². The van der Waals surface area contributed by atoms with Crippen LogP contribution in [0.5, 0.6) is 0 Å². The second-order valence-corrected chi connectivity index (χ2v) is 6.16. The molecule has 0 aliphatic heterocycles. The van der Waals surface area contributed by atoms with E-state index < -0.39 is 11.6 Å². The van der Waals surface area contributed by atoms with Gasteiger partial charge in [-0.15, -0.1) is 0 Å². The lowest BCUT2D eigenvalue weighted by Gasteiger charge is -2.02. The Morgan fingerprint density at radius 2 is 1.25 bits per heavy atom. The molecule has 0 radical (unpaired) electrons. The molecule has 0 aromatic heterocycles. The fraction of sp³-hybridized carbons (Fsp3) is 0.650. The molecule has 1 aromatic rings. The highest BCUT2D eigenvalue weighted by atomic mass is 19.1. The zero-order valence-electron chi connectivity index (χ0n) is 15.5. The van der Waals surface area contributed by atoms with Crippen LogP contribution < -0.4 is 5.32 Å². The molecule has 0 unspecified atom stereocenters. The third kappa shape index (κ3) is 14.2. The maximum Gasteiger partial charge on any atom is 0.217 e. The Kier molecular flexibility index (Phi) is 14.2. The zero-order chi connectivity index (χ0) is 18.2. The molecule has 0 heterocycles. The molecule has 0 spiro atoms. The van der Waals surface area contributed by atoms with Gasteiger partial charge in [-0.25, -0.2) is 8.78 Å². The number of amides is 1. The maximum absolute atomic E-state index is 12.6. The number of benzene rings is 1. The summed E-state index contributed by atoms with van der Waals surface area (Å²) in [4.78, 5) is 10.5. The Morgan fingerprint density at radius 3 is 1.62 bits per heavy atom. The Balaban J connectivity index is 0.000000449. The minimum absolute atomic E-state index is 0.143. The Bertz CT molecular complexity index is 421. The van der Waals surface area contributed by atoms with Gasteiger partial charge in [0, 0.05) is 19.5 Å². The van der Waals surface area contributed by atoms with Gasteiger partial charge in [-0.3, -0.25) is 4.79 Å². The molecule has 1 amide bonds. The van der Waals surface area contributed by atoms with Crippen molar-refractivity contribution in [2.24, 2.45) is 0 Å². The van der Waals surface area contributed by atoms with E-state index in [-0.39, 0.29) is 12.5 Å². The summed E-state index contributed by atoms with van der Waals surface area (Å²) < 4.78 is 25.2. The van der Waals surface area contributed by atoms with Crippen molar-refractivity contribution in [2.75, 3.05) is 0 Å². The Morgan fingerprint density at radius 1 is 0.833 bits per heavy atom. The van der Waals surface area contributed by atoms with E-state index >= 15 is 0 Å². The fourth-order valence-corrected chi connectivity index (χ4v) is 2.32. The minimum Gasteiger partial charge on any atom is -0.352 e. The highest BCUT2D eigenvalue weighted by Gasteiger charge is 2.00. The highest BCUT2D eigenvalue weighted by molar-refractivity contribution is 5.72. The van der Waals surface area contributed by atoms with Gasteiger partial charge in [-0.1, -0.05) is 71.6 Å². The predicted molar refractivity (Wildman–Crippen MR) is 96.8 cm³/mol. The van der Waals surface area contributed by atoms with Gasteiger partial charge >= 0.3 is 0 Å². The molecule has 4 heteroatoms. The van der Waals surface area contributed by atoms with Crippen LogP contribution in [0.3, 0.4) is 0 Å². The lowest BCUT2D eigenvalue weighted by molar-refractivity contribution is -0.119. The monoisotopic (exact) mass is 341 g/mol. The number of unbranched alkanes of at least 4 members (excludes halogenated alkanes) is 8. The Hall–Kier alpha value is -1.45. The molecule has 0 atom stereocenters. The summed E-state index contributed by atoms with van der Waals surface area (Å²) in [6, 6.07) is 3.15. The van der Waals surface area contributed by atoms with Crippen molar-refractivity contribution in [1.82, 2.24) is 5.32 Å². The molecule has 0 saturated heterocycles. The van der Waals surface area contributed by atoms with Gasteiger partial charge < -0.3 is 5.32 Å². The molecule has 0 aliphatic rings. The molecule has 2 nitrogen and oxygen atoms in total. The molecular formula is C20H33F2NO. The van der Waals surface area contributed by atoms with E-state index in [2.05, 4.69) is 19.2 Å². The smallest absolute Gasteiger partial charge is 0.217 e. The van der Waals surface area contributed by atoms with E-state index in [1.807, 2.05) is 0 Å². The molecule has 0 bridgehead atoms. The second-order valence-electron chi connectivity index (χ2n) is 6.16.